The number of aryl methyl sites for hydroxylation is 1. The molecular formula is C11H16OS. The van der Waals surface area contributed by atoms with E-state index in [1.54, 1.807) is 0 Å². The summed E-state index contributed by atoms with van der Waals surface area (Å²) in [4.78, 5) is 0. The first kappa shape index (κ1) is 10.6. The number of benzene rings is 1. The summed E-state index contributed by atoms with van der Waals surface area (Å²) in [6, 6.07) is 8.65. The van der Waals surface area contributed by atoms with Crippen molar-refractivity contribution in [2.45, 2.75) is 26.4 Å². The highest BCUT2D eigenvalue weighted by atomic mass is 32.2. The topological polar surface area (TPSA) is 9.23 Å². The summed E-state index contributed by atoms with van der Waals surface area (Å²) >= 11 is 1.41. The molecule has 0 aliphatic carbocycles. The van der Waals surface area contributed by atoms with Crippen LogP contribution >= 0.6 is 12.0 Å². The van der Waals surface area contributed by atoms with Crippen LogP contribution in [0.5, 0.6) is 0 Å². The molecule has 1 rings (SSSR count). The highest BCUT2D eigenvalue weighted by molar-refractivity contribution is 7.93. The zero-order valence-corrected chi connectivity index (χ0v) is 9.06. The van der Waals surface area contributed by atoms with Crippen molar-refractivity contribution in [3.8, 4) is 0 Å². The summed E-state index contributed by atoms with van der Waals surface area (Å²) in [6.45, 7) is 2.90. The van der Waals surface area contributed by atoms with Gasteiger partial charge in [-0.25, -0.2) is 0 Å². The van der Waals surface area contributed by atoms with E-state index in [1.807, 2.05) is 6.26 Å². The summed E-state index contributed by atoms with van der Waals surface area (Å²) in [7, 11) is 0. The van der Waals surface area contributed by atoms with Gasteiger partial charge in [-0.05, 0) is 29.6 Å². The lowest BCUT2D eigenvalue weighted by atomic mass is 10.1. The number of hydrogen-bond donors (Lipinski definition) is 0. The molecule has 0 unspecified atom stereocenters. The van der Waals surface area contributed by atoms with Gasteiger partial charge in [-0.15, -0.1) is 0 Å². The molecule has 0 atom stereocenters. The Labute approximate surface area is 84.7 Å². The monoisotopic (exact) mass is 196 g/mol. The van der Waals surface area contributed by atoms with E-state index in [0.717, 1.165) is 0 Å². The van der Waals surface area contributed by atoms with Gasteiger partial charge in [-0.1, -0.05) is 37.6 Å². The second-order valence-electron chi connectivity index (χ2n) is 3.00. The van der Waals surface area contributed by atoms with Gasteiger partial charge in [0.25, 0.3) is 0 Å². The number of hydrogen-bond acceptors (Lipinski definition) is 2. The Bertz CT molecular complexity index is 230. The normalized spacial score (nSPS) is 10.3. The molecule has 0 aromatic heterocycles. The Morgan fingerprint density at radius 1 is 1.15 bits per heavy atom. The molecule has 0 spiro atoms. The number of rotatable bonds is 5. The van der Waals surface area contributed by atoms with Crippen LogP contribution < -0.4 is 0 Å². The molecule has 0 radical (unpaired) electrons. The van der Waals surface area contributed by atoms with Crippen molar-refractivity contribution in [1.29, 1.82) is 0 Å². The Hall–Kier alpha value is -0.470. The van der Waals surface area contributed by atoms with Crippen LogP contribution in [0.25, 0.3) is 0 Å². The quantitative estimate of drug-likeness (QED) is 0.667. The molecule has 1 aromatic rings. The molecule has 0 aliphatic heterocycles. The molecule has 72 valence electrons. The molecule has 0 aliphatic rings. The van der Waals surface area contributed by atoms with E-state index in [4.69, 9.17) is 4.18 Å². The largest absolute Gasteiger partial charge is 0.311 e. The van der Waals surface area contributed by atoms with Crippen molar-refractivity contribution in [2.24, 2.45) is 0 Å². The minimum absolute atomic E-state index is 0.702. The summed E-state index contributed by atoms with van der Waals surface area (Å²) in [5.41, 5.74) is 2.66. The average Bonchev–Trinajstić information content (AvgIpc) is 2.17. The minimum atomic E-state index is 0.702. The van der Waals surface area contributed by atoms with E-state index < -0.39 is 0 Å². The highest BCUT2D eigenvalue weighted by Crippen LogP contribution is 2.09. The fourth-order valence-electron chi connectivity index (χ4n) is 1.22. The van der Waals surface area contributed by atoms with Gasteiger partial charge in [0.05, 0.1) is 6.61 Å². The van der Waals surface area contributed by atoms with Gasteiger partial charge in [-0.2, -0.15) is 0 Å². The van der Waals surface area contributed by atoms with E-state index in [0.29, 0.717) is 6.61 Å². The van der Waals surface area contributed by atoms with Gasteiger partial charge in [0, 0.05) is 6.26 Å². The SMILES string of the molecule is CCCc1ccc(COSC)cc1. The zero-order valence-electron chi connectivity index (χ0n) is 8.25. The molecule has 0 amide bonds. The predicted molar refractivity (Wildman–Crippen MR) is 58.7 cm³/mol. The molecule has 0 saturated heterocycles. The lowest BCUT2D eigenvalue weighted by molar-refractivity contribution is 0.366. The van der Waals surface area contributed by atoms with Crippen molar-refractivity contribution in [1.82, 2.24) is 0 Å². The van der Waals surface area contributed by atoms with Crippen LogP contribution in [-0.4, -0.2) is 6.26 Å². The van der Waals surface area contributed by atoms with E-state index in [-0.39, 0.29) is 0 Å². The van der Waals surface area contributed by atoms with Crippen LogP contribution in [0.1, 0.15) is 24.5 Å². The van der Waals surface area contributed by atoms with E-state index in [1.165, 1.54) is 36.0 Å². The van der Waals surface area contributed by atoms with E-state index >= 15 is 0 Å². The van der Waals surface area contributed by atoms with Gasteiger partial charge in [0.2, 0.25) is 0 Å². The molecule has 13 heavy (non-hydrogen) atoms. The predicted octanol–water partition coefficient (Wildman–Crippen LogP) is 3.43. The molecular weight excluding hydrogens is 180 g/mol. The van der Waals surface area contributed by atoms with E-state index in [9.17, 15) is 0 Å². The van der Waals surface area contributed by atoms with Gasteiger partial charge in [0.15, 0.2) is 0 Å². The van der Waals surface area contributed by atoms with Gasteiger partial charge < -0.3 is 4.18 Å². The van der Waals surface area contributed by atoms with Crippen molar-refractivity contribution < 1.29 is 4.18 Å². The second kappa shape index (κ2) is 6.06. The van der Waals surface area contributed by atoms with Crippen molar-refractivity contribution in [3.05, 3.63) is 35.4 Å². The van der Waals surface area contributed by atoms with Gasteiger partial charge in [0.1, 0.15) is 0 Å². The third kappa shape index (κ3) is 3.83. The molecule has 0 bridgehead atoms. The van der Waals surface area contributed by atoms with Gasteiger partial charge in [-0.3, -0.25) is 0 Å². The first-order valence-electron chi connectivity index (χ1n) is 4.60. The van der Waals surface area contributed by atoms with Crippen molar-refractivity contribution >= 4 is 12.0 Å². The standard InChI is InChI=1S/C11H16OS/c1-3-4-10-5-7-11(8-6-10)9-12-13-2/h5-8H,3-4,9H2,1-2H3. The second-order valence-corrected chi connectivity index (χ2v) is 3.56. The summed E-state index contributed by atoms with van der Waals surface area (Å²) in [6.07, 6.45) is 4.32. The minimum Gasteiger partial charge on any atom is -0.311 e. The maximum atomic E-state index is 5.24. The van der Waals surface area contributed by atoms with Crippen LogP contribution in [0.3, 0.4) is 0 Å². The van der Waals surface area contributed by atoms with Crippen molar-refractivity contribution in [2.75, 3.05) is 6.26 Å². The molecule has 0 fully saturated rings. The lowest BCUT2D eigenvalue weighted by Crippen LogP contribution is -1.87. The first-order chi connectivity index (χ1) is 6.36. The smallest absolute Gasteiger partial charge is 0.0864 e. The Kier molecular flexibility index (Phi) is 4.94. The maximum absolute atomic E-state index is 5.24. The average molecular weight is 196 g/mol. The zero-order chi connectivity index (χ0) is 9.52. The third-order valence-electron chi connectivity index (χ3n) is 1.91. The highest BCUT2D eigenvalue weighted by Gasteiger charge is 1.93. The van der Waals surface area contributed by atoms with Crippen LogP contribution in [-0.2, 0) is 17.2 Å². The lowest BCUT2D eigenvalue weighted by Gasteiger charge is -2.02. The fraction of sp³-hybridized carbons (Fsp3) is 0.455. The summed E-state index contributed by atoms with van der Waals surface area (Å²) < 4.78 is 5.24. The summed E-state index contributed by atoms with van der Waals surface area (Å²) in [5.74, 6) is 0. The van der Waals surface area contributed by atoms with Crippen LogP contribution in [0.15, 0.2) is 24.3 Å². The first-order valence-corrected chi connectivity index (χ1v) is 5.75. The molecule has 1 nitrogen and oxygen atoms in total. The third-order valence-corrected chi connectivity index (χ3v) is 2.26. The Morgan fingerprint density at radius 3 is 2.31 bits per heavy atom. The Balaban J connectivity index is 2.48. The van der Waals surface area contributed by atoms with Crippen LogP contribution in [0, 0.1) is 0 Å². The van der Waals surface area contributed by atoms with Crippen LogP contribution in [0.2, 0.25) is 0 Å². The molecule has 0 heterocycles. The maximum Gasteiger partial charge on any atom is 0.0864 e. The Morgan fingerprint density at radius 2 is 1.77 bits per heavy atom. The summed E-state index contributed by atoms with van der Waals surface area (Å²) in [5, 5.41) is 0. The van der Waals surface area contributed by atoms with Gasteiger partial charge >= 0.3 is 0 Å². The van der Waals surface area contributed by atoms with E-state index in [2.05, 4.69) is 31.2 Å². The van der Waals surface area contributed by atoms with Crippen molar-refractivity contribution in [3.63, 3.8) is 0 Å². The molecule has 0 N–H and O–H groups in total. The van der Waals surface area contributed by atoms with Crippen LogP contribution in [0.4, 0.5) is 0 Å². The molecule has 2 heteroatoms. The molecule has 0 saturated carbocycles. The molecule has 1 aromatic carbocycles. The fourth-order valence-corrected chi connectivity index (χ4v) is 1.47.